The van der Waals surface area contributed by atoms with E-state index in [4.69, 9.17) is 9.47 Å². The summed E-state index contributed by atoms with van der Waals surface area (Å²) in [5, 5.41) is 8.60. The van der Waals surface area contributed by atoms with Gasteiger partial charge in [-0.2, -0.15) is 0 Å². The van der Waals surface area contributed by atoms with Gasteiger partial charge in [0.15, 0.2) is 0 Å². The monoisotopic (exact) mass is 385 g/mol. The maximum absolute atomic E-state index is 12.1. The van der Waals surface area contributed by atoms with Gasteiger partial charge in [0, 0.05) is 30.6 Å². The zero-order valence-electron chi connectivity index (χ0n) is 16.5. The number of carbonyl (C=O) groups excluding carboxylic acids is 2. The normalized spacial score (nSPS) is 10.4. The third kappa shape index (κ3) is 7.28. The Bertz CT molecular complexity index is 758. The van der Waals surface area contributed by atoms with Gasteiger partial charge in [-0.05, 0) is 62.4 Å². The summed E-state index contributed by atoms with van der Waals surface area (Å²) in [6.07, 6.45) is 0.104. The molecule has 0 bridgehead atoms. The number of benzene rings is 2. The molecule has 0 fully saturated rings. The van der Waals surface area contributed by atoms with Crippen molar-refractivity contribution >= 4 is 23.2 Å². The van der Waals surface area contributed by atoms with Crippen molar-refractivity contribution in [3.05, 3.63) is 54.1 Å². The molecule has 0 aliphatic heterocycles. The van der Waals surface area contributed by atoms with E-state index in [-0.39, 0.29) is 24.5 Å². The summed E-state index contributed by atoms with van der Waals surface area (Å²) < 4.78 is 10.5. The maximum Gasteiger partial charge on any atom is 0.251 e. The number of hydrogen-bond acceptors (Lipinski definition) is 5. The minimum atomic E-state index is -0.168. The summed E-state index contributed by atoms with van der Waals surface area (Å²) in [4.78, 5) is 24.0. The zero-order chi connectivity index (χ0) is 20.4. The lowest BCUT2D eigenvalue weighted by Gasteiger charge is -2.11. The smallest absolute Gasteiger partial charge is 0.251 e. The largest absolute Gasteiger partial charge is 0.491 e. The van der Waals surface area contributed by atoms with Crippen LogP contribution in [0.2, 0.25) is 0 Å². The minimum absolute atomic E-state index is 0.104. The SMILES string of the molecule is COCCNC(=O)c1ccc(NCC(=O)Nc2ccc(OC(C)C)cc2)cc1. The minimum Gasteiger partial charge on any atom is -0.491 e. The first kappa shape index (κ1) is 21.2. The molecule has 28 heavy (non-hydrogen) atoms. The van der Waals surface area contributed by atoms with Gasteiger partial charge in [0.05, 0.1) is 19.3 Å². The predicted octanol–water partition coefficient (Wildman–Crippen LogP) is 2.90. The molecule has 2 amide bonds. The van der Waals surface area contributed by atoms with Crippen molar-refractivity contribution in [3.8, 4) is 5.75 Å². The van der Waals surface area contributed by atoms with Crippen LogP contribution in [0, 0.1) is 0 Å². The second-order valence-electron chi connectivity index (χ2n) is 6.42. The Labute approximate surface area is 165 Å². The summed E-state index contributed by atoms with van der Waals surface area (Å²) >= 11 is 0. The van der Waals surface area contributed by atoms with Gasteiger partial charge in [0.25, 0.3) is 5.91 Å². The van der Waals surface area contributed by atoms with Crippen molar-refractivity contribution in [3.63, 3.8) is 0 Å². The number of ether oxygens (including phenoxy) is 2. The quantitative estimate of drug-likeness (QED) is 0.547. The van der Waals surface area contributed by atoms with Crippen LogP contribution in [0.3, 0.4) is 0 Å². The van der Waals surface area contributed by atoms with Crippen molar-refractivity contribution in [2.45, 2.75) is 20.0 Å². The third-order valence-corrected chi connectivity index (χ3v) is 3.70. The van der Waals surface area contributed by atoms with E-state index >= 15 is 0 Å². The van der Waals surface area contributed by atoms with Crippen LogP contribution < -0.4 is 20.7 Å². The molecular formula is C21H27N3O4. The molecule has 7 nitrogen and oxygen atoms in total. The molecule has 0 radical (unpaired) electrons. The van der Waals surface area contributed by atoms with Gasteiger partial charge in [-0.1, -0.05) is 0 Å². The Morgan fingerprint density at radius 1 is 0.964 bits per heavy atom. The molecule has 2 rings (SSSR count). The average Bonchev–Trinajstić information content (AvgIpc) is 2.68. The van der Waals surface area contributed by atoms with Crippen molar-refractivity contribution in [2.75, 3.05) is 37.4 Å². The van der Waals surface area contributed by atoms with E-state index in [0.717, 1.165) is 11.4 Å². The Hall–Kier alpha value is -3.06. The van der Waals surface area contributed by atoms with E-state index < -0.39 is 0 Å². The third-order valence-electron chi connectivity index (χ3n) is 3.70. The lowest BCUT2D eigenvalue weighted by molar-refractivity contribution is -0.114. The highest BCUT2D eigenvalue weighted by molar-refractivity contribution is 5.95. The van der Waals surface area contributed by atoms with Crippen LogP contribution in [-0.2, 0) is 9.53 Å². The molecule has 0 aliphatic carbocycles. The highest BCUT2D eigenvalue weighted by Crippen LogP contribution is 2.17. The van der Waals surface area contributed by atoms with Gasteiger partial charge in [-0.3, -0.25) is 9.59 Å². The van der Waals surface area contributed by atoms with Crippen molar-refractivity contribution in [1.82, 2.24) is 5.32 Å². The fourth-order valence-corrected chi connectivity index (χ4v) is 2.38. The zero-order valence-corrected chi connectivity index (χ0v) is 16.5. The molecule has 0 heterocycles. The number of methoxy groups -OCH3 is 1. The van der Waals surface area contributed by atoms with Crippen molar-refractivity contribution in [2.24, 2.45) is 0 Å². The van der Waals surface area contributed by atoms with Crippen molar-refractivity contribution < 1.29 is 19.1 Å². The van der Waals surface area contributed by atoms with Gasteiger partial charge in [0.2, 0.25) is 5.91 Å². The lowest BCUT2D eigenvalue weighted by Crippen LogP contribution is -2.26. The molecule has 2 aromatic rings. The van der Waals surface area contributed by atoms with E-state index in [1.165, 1.54) is 0 Å². The number of amides is 2. The summed E-state index contributed by atoms with van der Waals surface area (Å²) in [6.45, 7) is 4.96. The summed E-state index contributed by atoms with van der Waals surface area (Å²) in [7, 11) is 1.58. The molecule has 150 valence electrons. The van der Waals surface area contributed by atoms with Gasteiger partial charge >= 0.3 is 0 Å². The van der Waals surface area contributed by atoms with Gasteiger partial charge < -0.3 is 25.4 Å². The highest BCUT2D eigenvalue weighted by Gasteiger charge is 2.06. The second-order valence-corrected chi connectivity index (χ2v) is 6.42. The van der Waals surface area contributed by atoms with Gasteiger partial charge in [-0.15, -0.1) is 0 Å². The molecule has 2 aromatic carbocycles. The van der Waals surface area contributed by atoms with Crippen LogP contribution in [0.15, 0.2) is 48.5 Å². The fourth-order valence-electron chi connectivity index (χ4n) is 2.38. The standard InChI is InChI=1S/C21H27N3O4/c1-15(2)28-19-10-8-18(9-11-19)24-20(25)14-23-17-6-4-16(5-7-17)21(26)22-12-13-27-3/h4-11,15,23H,12-14H2,1-3H3,(H,22,26)(H,24,25). The molecule has 0 aliphatic rings. The van der Waals surface area contributed by atoms with Crippen LogP contribution in [0.1, 0.15) is 24.2 Å². The first-order valence-electron chi connectivity index (χ1n) is 9.15. The van der Waals surface area contributed by atoms with Crippen LogP contribution >= 0.6 is 0 Å². The number of nitrogens with one attached hydrogen (secondary N) is 3. The molecule has 0 saturated heterocycles. The predicted molar refractivity (Wildman–Crippen MR) is 110 cm³/mol. The highest BCUT2D eigenvalue weighted by atomic mass is 16.5. The van der Waals surface area contributed by atoms with E-state index in [1.807, 2.05) is 26.0 Å². The molecule has 0 unspecified atom stereocenters. The number of carbonyl (C=O) groups is 2. The molecule has 3 N–H and O–H groups in total. The molecule has 0 aromatic heterocycles. The number of anilines is 2. The molecular weight excluding hydrogens is 358 g/mol. The molecule has 0 saturated carbocycles. The van der Waals surface area contributed by atoms with E-state index in [9.17, 15) is 9.59 Å². The Morgan fingerprint density at radius 2 is 1.61 bits per heavy atom. The van der Waals surface area contributed by atoms with Crippen molar-refractivity contribution in [1.29, 1.82) is 0 Å². The van der Waals surface area contributed by atoms with E-state index in [1.54, 1.807) is 43.5 Å². The van der Waals surface area contributed by atoms with Gasteiger partial charge in [-0.25, -0.2) is 0 Å². The maximum atomic E-state index is 12.1. The topological polar surface area (TPSA) is 88.7 Å². The van der Waals surface area contributed by atoms with Crippen LogP contribution in [-0.4, -0.2) is 44.7 Å². The molecule has 0 spiro atoms. The Kier molecular flexibility index (Phi) is 8.30. The van der Waals surface area contributed by atoms with E-state index in [0.29, 0.717) is 24.4 Å². The number of rotatable bonds is 10. The lowest BCUT2D eigenvalue weighted by atomic mass is 10.2. The van der Waals surface area contributed by atoms with Gasteiger partial charge in [0.1, 0.15) is 5.75 Å². The number of hydrogen-bond donors (Lipinski definition) is 3. The van der Waals surface area contributed by atoms with Crippen LogP contribution in [0.25, 0.3) is 0 Å². The average molecular weight is 385 g/mol. The Balaban J connectivity index is 1.78. The summed E-state index contributed by atoms with van der Waals surface area (Å²) in [5.74, 6) is 0.433. The first-order chi connectivity index (χ1) is 13.5. The van der Waals surface area contributed by atoms with Crippen LogP contribution in [0.4, 0.5) is 11.4 Å². The molecule has 0 atom stereocenters. The fraction of sp³-hybridized carbons (Fsp3) is 0.333. The van der Waals surface area contributed by atoms with E-state index in [2.05, 4.69) is 16.0 Å². The summed E-state index contributed by atoms with van der Waals surface area (Å²) in [6, 6.07) is 14.2. The molecule has 7 heteroatoms. The first-order valence-corrected chi connectivity index (χ1v) is 9.15. The second kappa shape index (κ2) is 10.9. The Morgan fingerprint density at radius 3 is 2.21 bits per heavy atom. The summed E-state index contributed by atoms with van der Waals surface area (Å²) in [5.41, 5.74) is 2.00. The van der Waals surface area contributed by atoms with Crippen LogP contribution in [0.5, 0.6) is 5.75 Å².